The van der Waals surface area contributed by atoms with Crippen molar-refractivity contribution in [3.8, 4) is 0 Å². The molecular formula is C43H64N6O6. The summed E-state index contributed by atoms with van der Waals surface area (Å²) in [6.45, 7) is 17.7. The normalized spacial score (nSPS) is 19.7. The zero-order chi connectivity index (χ0) is 40.1. The van der Waals surface area contributed by atoms with Crippen molar-refractivity contribution < 1.29 is 28.7 Å². The van der Waals surface area contributed by atoms with Gasteiger partial charge < -0.3 is 26.0 Å². The number of piperazine rings is 1. The number of aryl methyl sites for hydroxylation is 1. The van der Waals surface area contributed by atoms with Gasteiger partial charge in [0.2, 0.25) is 23.6 Å². The number of hydrogen-bond donors (Lipinski definition) is 4. The molecule has 0 saturated carbocycles. The molecule has 2 aromatic carbocycles. The first-order chi connectivity index (χ1) is 26.1. The second-order valence-electron chi connectivity index (χ2n) is 16.6. The Hall–Kier alpha value is -4.13. The number of nitrogens with one attached hydrogen (secondary N) is 4. The van der Waals surface area contributed by atoms with Crippen LogP contribution in [0.15, 0.2) is 60.7 Å². The van der Waals surface area contributed by atoms with E-state index in [1.54, 1.807) is 6.92 Å². The first kappa shape index (κ1) is 43.6. The van der Waals surface area contributed by atoms with Crippen molar-refractivity contribution >= 4 is 29.4 Å². The summed E-state index contributed by atoms with van der Waals surface area (Å²) in [6.07, 6.45) is 1.80. The van der Waals surface area contributed by atoms with Crippen LogP contribution in [0.25, 0.3) is 0 Å². The molecule has 0 aliphatic carbocycles. The number of nitrogens with zero attached hydrogens (tertiary/aromatic N) is 2. The van der Waals surface area contributed by atoms with E-state index >= 15 is 0 Å². The number of benzene rings is 2. The Balaban J connectivity index is 1.50. The van der Waals surface area contributed by atoms with Gasteiger partial charge in [0.05, 0.1) is 19.2 Å². The van der Waals surface area contributed by atoms with Crippen LogP contribution in [0.1, 0.15) is 78.9 Å². The van der Waals surface area contributed by atoms with E-state index in [0.717, 1.165) is 37.3 Å². The molecule has 2 aliphatic heterocycles. The summed E-state index contributed by atoms with van der Waals surface area (Å²) in [6, 6.07) is 15.9. The van der Waals surface area contributed by atoms with Crippen LogP contribution in [-0.2, 0) is 41.6 Å². The van der Waals surface area contributed by atoms with Crippen molar-refractivity contribution in [2.24, 2.45) is 11.8 Å². The molecule has 2 aromatic rings. The molecule has 0 radical (unpaired) electrons. The highest BCUT2D eigenvalue weighted by atomic mass is 16.6. The van der Waals surface area contributed by atoms with Crippen molar-refractivity contribution in [3.63, 3.8) is 0 Å². The first-order valence-corrected chi connectivity index (χ1v) is 20.1. The lowest BCUT2D eigenvalue weighted by molar-refractivity contribution is -0.135. The zero-order valence-electron chi connectivity index (χ0n) is 33.9. The second kappa shape index (κ2) is 20.7. The highest BCUT2D eigenvalue weighted by Crippen LogP contribution is 2.29. The number of ether oxygens (including phenoxy) is 1. The van der Waals surface area contributed by atoms with Crippen LogP contribution in [-0.4, -0.2) is 114 Å². The fraction of sp³-hybridized carbons (Fsp3) is 0.605. The van der Waals surface area contributed by atoms with Gasteiger partial charge in [0.25, 0.3) is 0 Å². The van der Waals surface area contributed by atoms with Crippen molar-refractivity contribution in [1.82, 2.24) is 31.1 Å². The van der Waals surface area contributed by atoms with Gasteiger partial charge >= 0.3 is 0 Å². The molecule has 4 rings (SSSR count). The lowest BCUT2D eigenvalue weighted by Gasteiger charge is -2.36. The van der Waals surface area contributed by atoms with Crippen molar-refractivity contribution in [1.29, 1.82) is 0 Å². The highest BCUT2D eigenvalue weighted by Gasteiger charge is 2.50. The Bertz CT molecular complexity index is 1560. The molecule has 12 heteroatoms. The molecular weight excluding hydrogens is 697 g/mol. The van der Waals surface area contributed by atoms with Crippen LogP contribution in [0.5, 0.6) is 0 Å². The molecule has 2 heterocycles. The topological polar surface area (TPSA) is 152 Å². The maximum atomic E-state index is 14.2. The van der Waals surface area contributed by atoms with Crippen molar-refractivity contribution in [2.45, 2.75) is 116 Å². The average molecular weight is 761 g/mol. The van der Waals surface area contributed by atoms with Crippen molar-refractivity contribution in [2.75, 3.05) is 39.3 Å². The van der Waals surface area contributed by atoms with E-state index in [1.807, 2.05) is 88.4 Å². The molecule has 4 N–H and O–H groups in total. The fourth-order valence-electron chi connectivity index (χ4n) is 7.01. The summed E-state index contributed by atoms with van der Waals surface area (Å²) < 4.78 is 5.42. The smallest absolute Gasteiger partial charge is 0.243 e. The van der Waals surface area contributed by atoms with E-state index in [1.165, 1.54) is 0 Å². The summed E-state index contributed by atoms with van der Waals surface area (Å²) in [4.78, 5) is 73.5. The average Bonchev–Trinajstić information content (AvgIpc) is 3.90. The van der Waals surface area contributed by atoms with Gasteiger partial charge in [0.15, 0.2) is 5.78 Å². The van der Waals surface area contributed by atoms with Crippen LogP contribution in [0.4, 0.5) is 0 Å². The summed E-state index contributed by atoms with van der Waals surface area (Å²) in [7, 11) is 0. The third kappa shape index (κ3) is 14.1. The number of epoxide rings is 1. The van der Waals surface area contributed by atoms with Gasteiger partial charge in [-0.15, -0.1) is 0 Å². The predicted molar refractivity (Wildman–Crippen MR) is 214 cm³/mol. The Morgan fingerprint density at radius 3 is 1.69 bits per heavy atom. The minimum atomic E-state index is -1.03. The molecule has 0 aromatic heterocycles. The van der Waals surface area contributed by atoms with E-state index in [4.69, 9.17) is 4.74 Å². The minimum absolute atomic E-state index is 0.0200. The minimum Gasteiger partial charge on any atom is -0.361 e. The van der Waals surface area contributed by atoms with Gasteiger partial charge in [-0.25, -0.2) is 0 Å². The standard InChI is InChI=1S/C43H64N6O6/c1-29(2)24-35(39(51)43(7)28-55-43)45-42(54)37(26-33-16-12-9-13-17-33)47-41(53)36(25-30(3)4)46-40(52)34(19-18-32-14-10-8-11-15-32)44-38(50)27-48-20-22-49(23-21-48)31(5)6/h8-17,29-31,34-37H,18-28H2,1-7H3,(H,44,50)(H,45,54)(H,46,52)(H,47,53)/t34-,35-,36-,37-,43+/m0/s1. The largest absolute Gasteiger partial charge is 0.361 e. The van der Waals surface area contributed by atoms with E-state index in [9.17, 15) is 24.0 Å². The monoisotopic (exact) mass is 760 g/mol. The third-order valence-electron chi connectivity index (χ3n) is 10.4. The molecule has 302 valence electrons. The number of amides is 4. The molecule has 2 fully saturated rings. The third-order valence-corrected chi connectivity index (χ3v) is 10.4. The van der Waals surface area contributed by atoms with E-state index in [0.29, 0.717) is 38.3 Å². The Morgan fingerprint density at radius 1 is 0.655 bits per heavy atom. The van der Waals surface area contributed by atoms with Gasteiger partial charge in [-0.3, -0.25) is 33.8 Å². The zero-order valence-corrected chi connectivity index (χ0v) is 33.9. The van der Waals surface area contributed by atoms with Crippen LogP contribution in [0, 0.1) is 11.8 Å². The molecule has 4 amide bonds. The van der Waals surface area contributed by atoms with Gasteiger partial charge in [-0.2, -0.15) is 0 Å². The maximum Gasteiger partial charge on any atom is 0.243 e. The number of rotatable bonds is 21. The summed E-state index contributed by atoms with van der Waals surface area (Å²) in [5, 5.41) is 11.8. The van der Waals surface area contributed by atoms with Gasteiger partial charge in [-0.1, -0.05) is 88.4 Å². The number of carbonyl (C=O) groups is 5. The number of carbonyl (C=O) groups excluding carboxylic acids is 5. The van der Waals surface area contributed by atoms with Crippen LogP contribution >= 0.6 is 0 Å². The van der Waals surface area contributed by atoms with E-state index < -0.39 is 47.5 Å². The molecule has 5 atom stereocenters. The lowest BCUT2D eigenvalue weighted by Crippen LogP contribution is -2.59. The van der Waals surface area contributed by atoms with Crippen LogP contribution in [0.3, 0.4) is 0 Å². The van der Waals surface area contributed by atoms with E-state index in [-0.39, 0.29) is 36.5 Å². The first-order valence-electron chi connectivity index (χ1n) is 20.1. The predicted octanol–water partition coefficient (Wildman–Crippen LogP) is 3.28. The number of Topliss-reactive ketones (excluding diaryl/α,β-unsaturated/α-hetero) is 1. The van der Waals surface area contributed by atoms with E-state index in [2.05, 4.69) is 44.9 Å². The van der Waals surface area contributed by atoms with Gasteiger partial charge in [-0.05, 0) is 69.4 Å². The molecule has 0 bridgehead atoms. The Morgan fingerprint density at radius 2 is 1.15 bits per heavy atom. The molecule has 12 nitrogen and oxygen atoms in total. The second-order valence-corrected chi connectivity index (χ2v) is 16.6. The van der Waals surface area contributed by atoms with Crippen LogP contribution < -0.4 is 21.3 Å². The molecule has 2 saturated heterocycles. The number of hydrogen-bond acceptors (Lipinski definition) is 8. The lowest BCUT2D eigenvalue weighted by atomic mass is 9.93. The van der Waals surface area contributed by atoms with Gasteiger partial charge in [0, 0.05) is 38.6 Å². The molecule has 0 unspecified atom stereocenters. The number of ketones is 1. The summed E-state index contributed by atoms with van der Waals surface area (Å²) in [5.41, 5.74) is 0.931. The molecule has 2 aliphatic rings. The summed E-state index contributed by atoms with van der Waals surface area (Å²) >= 11 is 0. The SMILES string of the molecule is CC(C)C[C@H](NC(=O)[C@H](CCc1ccccc1)NC(=O)CN1CCN(C(C)C)CC1)C(=O)N[C@@H](Cc1ccccc1)C(=O)N[C@@H](CC(C)C)C(=O)[C@@]1(C)CO1. The van der Waals surface area contributed by atoms with Crippen LogP contribution in [0.2, 0.25) is 0 Å². The quantitative estimate of drug-likeness (QED) is 0.142. The summed E-state index contributed by atoms with van der Waals surface area (Å²) in [5.74, 6) is -1.76. The van der Waals surface area contributed by atoms with Gasteiger partial charge in [0.1, 0.15) is 23.7 Å². The Kier molecular flexibility index (Phi) is 16.4. The fourth-order valence-corrected chi connectivity index (χ4v) is 7.01. The maximum absolute atomic E-state index is 14.2. The Labute approximate surface area is 327 Å². The van der Waals surface area contributed by atoms with Crippen molar-refractivity contribution in [3.05, 3.63) is 71.8 Å². The molecule has 0 spiro atoms. The molecule has 55 heavy (non-hydrogen) atoms. The highest BCUT2D eigenvalue weighted by molar-refractivity contribution is 5.98.